The fourth-order valence-corrected chi connectivity index (χ4v) is 2.52. The molecule has 0 heterocycles. The smallest absolute Gasteiger partial charge is 0.193 e. The molecule has 5 nitrogen and oxygen atoms in total. The Morgan fingerprint density at radius 2 is 2.14 bits per heavy atom. The van der Waals surface area contributed by atoms with Crippen LogP contribution in [0.15, 0.2) is 23.2 Å². The summed E-state index contributed by atoms with van der Waals surface area (Å²) in [6.07, 6.45) is 2.41. The summed E-state index contributed by atoms with van der Waals surface area (Å²) in [4.78, 5) is 4.44. The van der Waals surface area contributed by atoms with Crippen molar-refractivity contribution in [2.45, 2.75) is 44.9 Å². The lowest BCUT2D eigenvalue weighted by atomic mass is 9.90. The van der Waals surface area contributed by atoms with Gasteiger partial charge in [-0.25, -0.2) is 4.99 Å². The largest absolute Gasteiger partial charge is 0.495 e. The Hall–Kier alpha value is -1.46. The van der Waals surface area contributed by atoms with Crippen molar-refractivity contribution in [3.8, 4) is 5.75 Å². The van der Waals surface area contributed by atoms with Crippen LogP contribution in [0.1, 0.15) is 26.7 Å². The Morgan fingerprint density at radius 1 is 1.43 bits per heavy atom. The molecular weight excluding hydrogens is 290 g/mol. The van der Waals surface area contributed by atoms with Gasteiger partial charge in [-0.05, 0) is 44.9 Å². The lowest BCUT2D eigenvalue weighted by Gasteiger charge is -2.33. The van der Waals surface area contributed by atoms with E-state index < -0.39 is 0 Å². The molecule has 116 valence electrons. The number of guanidine groups is 1. The number of benzene rings is 1. The van der Waals surface area contributed by atoms with E-state index in [9.17, 15) is 0 Å². The van der Waals surface area contributed by atoms with Crippen molar-refractivity contribution in [3.05, 3.63) is 23.2 Å². The van der Waals surface area contributed by atoms with E-state index in [0.717, 1.165) is 18.5 Å². The fraction of sp³-hybridized carbons (Fsp3) is 0.533. The van der Waals surface area contributed by atoms with Crippen LogP contribution >= 0.6 is 11.6 Å². The predicted octanol–water partition coefficient (Wildman–Crippen LogP) is 3.03. The van der Waals surface area contributed by atoms with Gasteiger partial charge in [-0.2, -0.15) is 0 Å². The zero-order chi connectivity index (χ0) is 15.4. The first kappa shape index (κ1) is 15.9. The number of rotatable bonds is 5. The van der Waals surface area contributed by atoms with Crippen molar-refractivity contribution >= 4 is 23.2 Å². The van der Waals surface area contributed by atoms with Gasteiger partial charge >= 0.3 is 0 Å². The van der Waals surface area contributed by atoms with Gasteiger partial charge in [0.25, 0.3) is 0 Å². The maximum Gasteiger partial charge on any atom is 0.193 e. The third-order valence-electron chi connectivity index (χ3n) is 3.28. The summed E-state index contributed by atoms with van der Waals surface area (Å²) < 4.78 is 10.8. The summed E-state index contributed by atoms with van der Waals surface area (Å²) in [5.74, 6) is 1.02. The van der Waals surface area contributed by atoms with Crippen LogP contribution in [0, 0.1) is 0 Å². The van der Waals surface area contributed by atoms with E-state index in [-0.39, 0.29) is 12.1 Å². The van der Waals surface area contributed by atoms with Crippen LogP contribution in [-0.4, -0.2) is 31.3 Å². The molecular formula is C15H22ClN3O2. The lowest BCUT2D eigenvalue weighted by Crippen LogP contribution is -2.38. The standard InChI is InChI=1S/C15H22ClN3O2/c1-9(2)21-12-6-11(7-12)19-15(17)18-10-4-5-14(20-3)13(16)8-10/h4-5,8-9,11-12H,6-7H2,1-3H3,(H3,17,18,19). The molecule has 1 aromatic carbocycles. The molecule has 0 saturated heterocycles. The molecule has 1 fully saturated rings. The van der Waals surface area contributed by atoms with Crippen LogP contribution in [0.2, 0.25) is 5.02 Å². The van der Waals surface area contributed by atoms with E-state index >= 15 is 0 Å². The second-order valence-corrected chi connectivity index (χ2v) is 5.83. The second kappa shape index (κ2) is 7.00. The predicted molar refractivity (Wildman–Crippen MR) is 86.3 cm³/mol. The number of hydrogen-bond acceptors (Lipinski definition) is 3. The monoisotopic (exact) mass is 311 g/mol. The van der Waals surface area contributed by atoms with Crippen LogP contribution in [0.4, 0.5) is 5.69 Å². The molecule has 0 spiro atoms. The molecule has 0 radical (unpaired) electrons. The van der Waals surface area contributed by atoms with Gasteiger partial charge in [0.1, 0.15) is 5.75 Å². The van der Waals surface area contributed by atoms with Crippen molar-refractivity contribution in [1.29, 1.82) is 0 Å². The number of halogens is 1. The first-order chi connectivity index (χ1) is 9.97. The molecule has 2 rings (SSSR count). The molecule has 0 unspecified atom stereocenters. The number of anilines is 1. The molecule has 1 aliphatic rings. The van der Waals surface area contributed by atoms with Crippen LogP contribution in [0.25, 0.3) is 0 Å². The first-order valence-corrected chi connectivity index (χ1v) is 7.45. The average Bonchev–Trinajstić information content (AvgIpc) is 2.36. The number of nitrogens with zero attached hydrogens (tertiary/aromatic N) is 1. The maximum atomic E-state index is 6.06. The summed E-state index contributed by atoms with van der Waals surface area (Å²) in [5, 5.41) is 3.57. The van der Waals surface area contributed by atoms with Gasteiger partial charge in [-0.1, -0.05) is 11.6 Å². The van der Waals surface area contributed by atoms with E-state index in [2.05, 4.69) is 10.3 Å². The van der Waals surface area contributed by atoms with E-state index in [0.29, 0.717) is 22.8 Å². The summed E-state index contributed by atoms with van der Waals surface area (Å²) in [5.41, 5.74) is 6.70. The zero-order valence-electron chi connectivity index (χ0n) is 12.6. The first-order valence-electron chi connectivity index (χ1n) is 7.07. The quantitative estimate of drug-likeness (QED) is 0.648. The molecule has 0 aliphatic heterocycles. The molecule has 21 heavy (non-hydrogen) atoms. The van der Waals surface area contributed by atoms with Crippen molar-refractivity contribution in [2.24, 2.45) is 10.7 Å². The van der Waals surface area contributed by atoms with E-state index in [1.807, 2.05) is 19.9 Å². The molecule has 0 aromatic heterocycles. The normalized spacial score (nSPS) is 22.0. The molecule has 1 aromatic rings. The van der Waals surface area contributed by atoms with Crippen molar-refractivity contribution in [3.63, 3.8) is 0 Å². The minimum atomic E-state index is 0.231. The van der Waals surface area contributed by atoms with Crippen LogP contribution in [0.5, 0.6) is 5.75 Å². The van der Waals surface area contributed by atoms with Crippen LogP contribution < -0.4 is 15.8 Å². The lowest BCUT2D eigenvalue weighted by molar-refractivity contribution is -0.0428. The molecule has 1 saturated carbocycles. The Kier molecular flexibility index (Phi) is 5.31. The Morgan fingerprint density at radius 3 is 2.71 bits per heavy atom. The zero-order valence-corrected chi connectivity index (χ0v) is 13.4. The highest BCUT2D eigenvalue weighted by atomic mass is 35.5. The minimum Gasteiger partial charge on any atom is -0.495 e. The van der Waals surface area contributed by atoms with E-state index in [4.69, 9.17) is 26.8 Å². The summed E-state index contributed by atoms with van der Waals surface area (Å²) >= 11 is 6.06. The van der Waals surface area contributed by atoms with Gasteiger partial charge in [0, 0.05) is 5.69 Å². The molecule has 6 heteroatoms. The highest BCUT2D eigenvalue weighted by Crippen LogP contribution is 2.28. The fourth-order valence-electron chi connectivity index (χ4n) is 2.26. The second-order valence-electron chi connectivity index (χ2n) is 5.42. The van der Waals surface area contributed by atoms with Gasteiger partial charge < -0.3 is 20.5 Å². The van der Waals surface area contributed by atoms with Gasteiger partial charge in [0.15, 0.2) is 5.96 Å². The van der Waals surface area contributed by atoms with Crippen LogP contribution in [-0.2, 0) is 4.74 Å². The maximum absolute atomic E-state index is 6.06. The number of hydrogen-bond donors (Lipinski definition) is 2. The SMILES string of the molecule is COc1ccc(NC(N)=NC2CC(OC(C)C)C2)cc1Cl. The van der Waals surface area contributed by atoms with Crippen molar-refractivity contribution in [1.82, 2.24) is 0 Å². The number of nitrogens with one attached hydrogen (secondary N) is 1. The van der Waals surface area contributed by atoms with E-state index in [1.54, 1.807) is 19.2 Å². The van der Waals surface area contributed by atoms with Crippen LogP contribution in [0.3, 0.4) is 0 Å². The summed E-state index contributed by atoms with van der Waals surface area (Å²) in [6.45, 7) is 4.08. The van der Waals surface area contributed by atoms with Gasteiger partial charge in [0.05, 0.1) is 30.4 Å². The third-order valence-corrected chi connectivity index (χ3v) is 3.58. The molecule has 0 bridgehead atoms. The highest BCUT2D eigenvalue weighted by Gasteiger charge is 2.30. The molecule has 1 aliphatic carbocycles. The van der Waals surface area contributed by atoms with Gasteiger partial charge in [-0.3, -0.25) is 0 Å². The number of methoxy groups -OCH3 is 1. The highest BCUT2D eigenvalue weighted by molar-refractivity contribution is 6.32. The number of ether oxygens (including phenoxy) is 2. The minimum absolute atomic E-state index is 0.231. The average molecular weight is 312 g/mol. The van der Waals surface area contributed by atoms with E-state index in [1.165, 1.54) is 0 Å². The Bertz CT molecular complexity index is 514. The summed E-state index contributed by atoms with van der Waals surface area (Å²) in [7, 11) is 1.58. The van der Waals surface area contributed by atoms with Gasteiger partial charge in [0.2, 0.25) is 0 Å². The summed E-state index contributed by atoms with van der Waals surface area (Å²) in [6, 6.07) is 5.62. The molecule has 3 N–H and O–H groups in total. The Labute approximate surface area is 130 Å². The van der Waals surface area contributed by atoms with Crippen molar-refractivity contribution in [2.75, 3.05) is 12.4 Å². The number of aliphatic imine (C=N–C) groups is 1. The topological polar surface area (TPSA) is 68.9 Å². The Balaban J connectivity index is 1.86. The molecule has 0 amide bonds. The third kappa shape index (κ3) is 4.51. The molecule has 0 atom stereocenters. The van der Waals surface area contributed by atoms with Gasteiger partial charge in [-0.15, -0.1) is 0 Å². The van der Waals surface area contributed by atoms with Crippen molar-refractivity contribution < 1.29 is 9.47 Å². The number of nitrogens with two attached hydrogens (primary N) is 1.